The highest BCUT2D eigenvalue weighted by Gasteiger charge is 2.06. The lowest BCUT2D eigenvalue weighted by Crippen LogP contribution is -1.95. The van der Waals surface area contributed by atoms with Crippen LogP contribution in [-0.2, 0) is 0 Å². The Labute approximate surface area is 86.6 Å². The number of aromatic carboxylic acids is 1. The molecule has 1 aromatic heterocycles. The Morgan fingerprint density at radius 2 is 2.50 bits per heavy atom. The van der Waals surface area contributed by atoms with Crippen molar-refractivity contribution in [2.24, 2.45) is 0 Å². The van der Waals surface area contributed by atoms with Crippen molar-refractivity contribution in [2.45, 2.75) is 12.8 Å². The topological polar surface area (TPSA) is 46.5 Å². The first-order valence-electron chi connectivity index (χ1n) is 4.29. The molecular formula is C10H12O3S. The first-order valence-corrected chi connectivity index (χ1v) is 5.17. The maximum absolute atomic E-state index is 10.5. The molecule has 0 unspecified atom stereocenters. The van der Waals surface area contributed by atoms with Gasteiger partial charge in [0, 0.05) is 11.4 Å². The van der Waals surface area contributed by atoms with Gasteiger partial charge in [0.05, 0.1) is 6.61 Å². The molecule has 0 fully saturated rings. The molecule has 14 heavy (non-hydrogen) atoms. The van der Waals surface area contributed by atoms with Gasteiger partial charge in [-0.15, -0.1) is 17.9 Å². The van der Waals surface area contributed by atoms with Crippen LogP contribution < -0.4 is 4.74 Å². The van der Waals surface area contributed by atoms with E-state index in [1.54, 1.807) is 11.4 Å². The van der Waals surface area contributed by atoms with Crippen molar-refractivity contribution in [3.05, 3.63) is 29.0 Å². The van der Waals surface area contributed by atoms with Gasteiger partial charge in [-0.2, -0.15) is 0 Å². The molecule has 0 aromatic carbocycles. The maximum atomic E-state index is 10.5. The standard InChI is InChI=1S/C10H12O3S/c1-2-3-4-5-13-8-6-9(10(11)12)14-7-8/h2,6-7H,1,3-5H2,(H,11,12). The van der Waals surface area contributed by atoms with Gasteiger partial charge in [-0.05, 0) is 12.8 Å². The van der Waals surface area contributed by atoms with E-state index in [1.165, 1.54) is 11.3 Å². The average molecular weight is 212 g/mol. The number of allylic oxidation sites excluding steroid dienone is 1. The predicted octanol–water partition coefficient (Wildman–Crippen LogP) is 2.79. The molecule has 0 aliphatic heterocycles. The molecule has 76 valence electrons. The molecule has 0 atom stereocenters. The van der Waals surface area contributed by atoms with Crippen LogP contribution in [0.5, 0.6) is 5.75 Å². The molecular weight excluding hydrogens is 200 g/mol. The lowest BCUT2D eigenvalue weighted by Gasteiger charge is -2.00. The van der Waals surface area contributed by atoms with E-state index in [0.29, 0.717) is 17.2 Å². The second kappa shape index (κ2) is 5.44. The van der Waals surface area contributed by atoms with E-state index in [9.17, 15) is 4.79 Å². The van der Waals surface area contributed by atoms with E-state index in [-0.39, 0.29) is 0 Å². The normalized spacial score (nSPS) is 9.71. The van der Waals surface area contributed by atoms with Gasteiger partial charge < -0.3 is 9.84 Å². The van der Waals surface area contributed by atoms with Crippen molar-refractivity contribution in [3.8, 4) is 5.75 Å². The number of thiophene rings is 1. The fourth-order valence-corrected chi connectivity index (χ4v) is 1.59. The summed E-state index contributed by atoms with van der Waals surface area (Å²) in [5, 5.41) is 10.4. The number of hydrogen-bond acceptors (Lipinski definition) is 3. The van der Waals surface area contributed by atoms with E-state index in [0.717, 1.165) is 12.8 Å². The third kappa shape index (κ3) is 3.22. The molecule has 1 heterocycles. The monoisotopic (exact) mass is 212 g/mol. The highest BCUT2D eigenvalue weighted by Crippen LogP contribution is 2.21. The number of hydrogen-bond donors (Lipinski definition) is 1. The molecule has 0 aliphatic carbocycles. The van der Waals surface area contributed by atoms with Gasteiger partial charge in [0.1, 0.15) is 10.6 Å². The maximum Gasteiger partial charge on any atom is 0.346 e. The van der Waals surface area contributed by atoms with E-state index in [2.05, 4.69) is 6.58 Å². The largest absolute Gasteiger partial charge is 0.493 e. The molecule has 1 rings (SSSR count). The zero-order chi connectivity index (χ0) is 10.4. The number of ether oxygens (including phenoxy) is 1. The van der Waals surface area contributed by atoms with Crippen LogP contribution in [0.25, 0.3) is 0 Å². The van der Waals surface area contributed by atoms with E-state index in [1.807, 2.05) is 6.08 Å². The van der Waals surface area contributed by atoms with Gasteiger partial charge in [0.25, 0.3) is 0 Å². The number of rotatable bonds is 6. The summed E-state index contributed by atoms with van der Waals surface area (Å²) in [6, 6.07) is 1.54. The molecule has 0 spiro atoms. The highest BCUT2D eigenvalue weighted by atomic mass is 32.1. The third-order valence-electron chi connectivity index (χ3n) is 1.61. The average Bonchev–Trinajstić information content (AvgIpc) is 2.61. The smallest absolute Gasteiger partial charge is 0.346 e. The van der Waals surface area contributed by atoms with Gasteiger partial charge in [0.15, 0.2) is 0 Å². The molecule has 0 aliphatic rings. The Bertz CT molecular complexity index is 317. The van der Waals surface area contributed by atoms with Crippen molar-refractivity contribution in [1.82, 2.24) is 0 Å². The zero-order valence-electron chi connectivity index (χ0n) is 7.73. The molecule has 1 N–H and O–H groups in total. The van der Waals surface area contributed by atoms with Crippen LogP contribution in [0.3, 0.4) is 0 Å². The summed E-state index contributed by atoms with van der Waals surface area (Å²) < 4.78 is 5.34. The second-order valence-electron chi connectivity index (χ2n) is 2.73. The zero-order valence-corrected chi connectivity index (χ0v) is 8.55. The summed E-state index contributed by atoms with van der Waals surface area (Å²) in [6.45, 7) is 4.20. The minimum Gasteiger partial charge on any atom is -0.493 e. The van der Waals surface area contributed by atoms with Crippen LogP contribution in [0.2, 0.25) is 0 Å². The Morgan fingerprint density at radius 1 is 1.71 bits per heavy atom. The summed E-state index contributed by atoms with van der Waals surface area (Å²) in [4.78, 5) is 10.8. The second-order valence-corrected chi connectivity index (χ2v) is 3.64. The predicted molar refractivity (Wildman–Crippen MR) is 56.2 cm³/mol. The first-order chi connectivity index (χ1) is 6.74. The fraction of sp³-hybridized carbons (Fsp3) is 0.300. The van der Waals surface area contributed by atoms with Gasteiger partial charge in [0.2, 0.25) is 0 Å². The van der Waals surface area contributed by atoms with Crippen LogP contribution in [0.4, 0.5) is 0 Å². The van der Waals surface area contributed by atoms with Crippen molar-refractivity contribution in [2.75, 3.05) is 6.61 Å². The summed E-state index contributed by atoms with van der Waals surface area (Å²) in [5.41, 5.74) is 0. The van der Waals surface area contributed by atoms with E-state index >= 15 is 0 Å². The van der Waals surface area contributed by atoms with Crippen molar-refractivity contribution in [3.63, 3.8) is 0 Å². The quantitative estimate of drug-likeness (QED) is 0.582. The lowest BCUT2D eigenvalue weighted by molar-refractivity contribution is 0.0702. The molecule has 0 amide bonds. The van der Waals surface area contributed by atoms with E-state index in [4.69, 9.17) is 9.84 Å². The number of carboxylic acids is 1. The van der Waals surface area contributed by atoms with Gasteiger partial charge >= 0.3 is 5.97 Å². The molecule has 0 radical (unpaired) electrons. The lowest BCUT2D eigenvalue weighted by atomic mass is 10.3. The number of unbranched alkanes of at least 4 members (excludes halogenated alkanes) is 1. The van der Waals surface area contributed by atoms with Crippen LogP contribution in [0, 0.1) is 0 Å². The van der Waals surface area contributed by atoms with Crippen molar-refractivity contribution >= 4 is 17.3 Å². The minimum atomic E-state index is -0.907. The summed E-state index contributed by atoms with van der Waals surface area (Å²) in [6.07, 6.45) is 3.65. The molecule has 0 saturated carbocycles. The fourth-order valence-electron chi connectivity index (χ4n) is 0.924. The van der Waals surface area contributed by atoms with Crippen LogP contribution in [0.1, 0.15) is 22.5 Å². The van der Waals surface area contributed by atoms with Gasteiger partial charge in [-0.3, -0.25) is 0 Å². The van der Waals surface area contributed by atoms with Crippen LogP contribution in [-0.4, -0.2) is 17.7 Å². The molecule has 3 nitrogen and oxygen atoms in total. The summed E-state index contributed by atoms with van der Waals surface area (Å²) in [7, 11) is 0. The summed E-state index contributed by atoms with van der Waals surface area (Å²) >= 11 is 1.18. The Hall–Kier alpha value is -1.29. The SMILES string of the molecule is C=CCCCOc1csc(C(=O)O)c1. The molecule has 4 heteroatoms. The van der Waals surface area contributed by atoms with Crippen molar-refractivity contribution in [1.29, 1.82) is 0 Å². The van der Waals surface area contributed by atoms with Crippen molar-refractivity contribution < 1.29 is 14.6 Å². The third-order valence-corrected chi connectivity index (χ3v) is 2.50. The molecule has 1 aromatic rings. The van der Waals surface area contributed by atoms with E-state index < -0.39 is 5.97 Å². The first kappa shape index (κ1) is 10.8. The van der Waals surface area contributed by atoms with Gasteiger partial charge in [-0.1, -0.05) is 6.08 Å². The highest BCUT2D eigenvalue weighted by molar-refractivity contribution is 7.12. The molecule has 0 bridgehead atoms. The van der Waals surface area contributed by atoms with Gasteiger partial charge in [-0.25, -0.2) is 4.79 Å². The van der Waals surface area contributed by atoms with Crippen LogP contribution in [0.15, 0.2) is 24.1 Å². The number of carboxylic acid groups (broad SMARTS) is 1. The minimum absolute atomic E-state index is 0.309. The Kier molecular flexibility index (Phi) is 4.19. The van der Waals surface area contributed by atoms with Crippen LogP contribution >= 0.6 is 11.3 Å². The summed E-state index contributed by atoms with van der Waals surface area (Å²) in [5.74, 6) is -0.271. The Balaban J connectivity index is 2.36. The number of carbonyl (C=O) groups is 1. The molecule has 0 saturated heterocycles. The Morgan fingerprint density at radius 3 is 3.07 bits per heavy atom.